The van der Waals surface area contributed by atoms with Gasteiger partial charge in [-0.25, -0.2) is 9.78 Å². The van der Waals surface area contributed by atoms with Gasteiger partial charge in [-0.05, 0) is 38.4 Å². The number of hydrogen-bond donors (Lipinski definition) is 2. The van der Waals surface area contributed by atoms with Crippen LogP contribution in [-0.2, 0) is 11.3 Å². The standard InChI is InChI=1S/C18H22N4O3/c1-18(17(19)25)7-4-8-21(11-18)9-13-10-22(12-20-13)15-6-3-2-5-14(15)16(23)24/h2-3,5-6,10,12H,4,7-9,11H2,1H3,(H2,19,25)(H,23,24)/t18-/m0/s1. The predicted octanol–water partition coefficient (Wildman–Crippen LogP) is 1.66. The van der Waals surface area contributed by atoms with Gasteiger partial charge in [0.2, 0.25) is 5.91 Å². The van der Waals surface area contributed by atoms with Crippen molar-refractivity contribution in [2.45, 2.75) is 26.3 Å². The second kappa shape index (κ2) is 6.68. The first kappa shape index (κ1) is 17.2. The number of piperidine rings is 1. The summed E-state index contributed by atoms with van der Waals surface area (Å²) in [5.74, 6) is -1.24. The van der Waals surface area contributed by atoms with Gasteiger partial charge in [0.1, 0.15) is 0 Å². The highest BCUT2D eigenvalue weighted by atomic mass is 16.4. The van der Waals surface area contributed by atoms with E-state index in [9.17, 15) is 14.7 Å². The van der Waals surface area contributed by atoms with Crippen LogP contribution in [0, 0.1) is 5.41 Å². The second-order valence-electron chi connectivity index (χ2n) is 6.83. The molecule has 7 heteroatoms. The molecule has 0 spiro atoms. The van der Waals surface area contributed by atoms with Crippen molar-refractivity contribution < 1.29 is 14.7 Å². The number of para-hydroxylation sites is 1. The van der Waals surface area contributed by atoms with Gasteiger partial charge < -0.3 is 15.4 Å². The van der Waals surface area contributed by atoms with Crippen LogP contribution in [0.2, 0.25) is 0 Å². The van der Waals surface area contributed by atoms with Crippen LogP contribution in [0.4, 0.5) is 0 Å². The molecule has 1 fully saturated rings. The normalized spacial score (nSPS) is 21.2. The Labute approximate surface area is 146 Å². The first-order valence-corrected chi connectivity index (χ1v) is 8.27. The van der Waals surface area contributed by atoms with Gasteiger partial charge in [0.25, 0.3) is 0 Å². The summed E-state index contributed by atoms with van der Waals surface area (Å²) in [7, 11) is 0. The first-order chi connectivity index (χ1) is 11.9. The van der Waals surface area contributed by atoms with Crippen LogP contribution < -0.4 is 5.73 Å². The molecule has 0 radical (unpaired) electrons. The number of benzene rings is 1. The number of nitrogens with two attached hydrogens (primary N) is 1. The molecule has 1 saturated heterocycles. The third-order valence-corrected chi connectivity index (χ3v) is 4.80. The lowest BCUT2D eigenvalue weighted by atomic mass is 9.81. The molecule has 2 heterocycles. The Morgan fingerprint density at radius 1 is 1.36 bits per heavy atom. The molecule has 1 aliphatic heterocycles. The predicted molar refractivity (Wildman–Crippen MR) is 92.3 cm³/mol. The monoisotopic (exact) mass is 342 g/mol. The maximum atomic E-state index is 11.7. The number of carboxylic acid groups (broad SMARTS) is 1. The molecule has 132 valence electrons. The van der Waals surface area contributed by atoms with E-state index >= 15 is 0 Å². The van der Waals surface area contributed by atoms with E-state index in [0.717, 1.165) is 25.1 Å². The number of carboxylic acids is 1. The Balaban J connectivity index is 1.77. The van der Waals surface area contributed by atoms with E-state index < -0.39 is 11.4 Å². The Bertz CT molecular complexity index is 801. The van der Waals surface area contributed by atoms with Gasteiger partial charge in [-0.2, -0.15) is 0 Å². The second-order valence-corrected chi connectivity index (χ2v) is 6.83. The third-order valence-electron chi connectivity index (χ3n) is 4.80. The van der Waals surface area contributed by atoms with E-state index in [1.807, 2.05) is 13.1 Å². The summed E-state index contributed by atoms with van der Waals surface area (Å²) >= 11 is 0. The molecule has 1 amide bonds. The Morgan fingerprint density at radius 2 is 2.12 bits per heavy atom. The quantitative estimate of drug-likeness (QED) is 0.860. The van der Waals surface area contributed by atoms with Crippen LogP contribution in [-0.4, -0.2) is 44.5 Å². The van der Waals surface area contributed by atoms with Gasteiger partial charge in [-0.15, -0.1) is 0 Å². The fourth-order valence-electron chi connectivity index (χ4n) is 3.37. The average molecular weight is 342 g/mol. The summed E-state index contributed by atoms with van der Waals surface area (Å²) in [6.07, 6.45) is 5.17. The maximum Gasteiger partial charge on any atom is 0.337 e. The number of nitrogens with zero attached hydrogens (tertiary/aromatic N) is 3. The molecule has 3 rings (SSSR count). The van der Waals surface area contributed by atoms with Gasteiger partial charge in [0, 0.05) is 19.3 Å². The fraction of sp³-hybridized carbons (Fsp3) is 0.389. The van der Waals surface area contributed by atoms with Crippen LogP contribution in [0.15, 0.2) is 36.8 Å². The molecular weight excluding hydrogens is 320 g/mol. The van der Waals surface area contributed by atoms with Gasteiger partial charge in [0.05, 0.1) is 28.7 Å². The largest absolute Gasteiger partial charge is 0.478 e. The van der Waals surface area contributed by atoms with E-state index in [1.54, 1.807) is 35.2 Å². The number of aromatic nitrogens is 2. The van der Waals surface area contributed by atoms with Crippen molar-refractivity contribution >= 4 is 11.9 Å². The number of amides is 1. The van der Waals surface area contributed by atoms with Crippen molar-refractivity contribution in [3.8, 4) is 5.69 Å². The highest BCUT2D eigenvalue weighted by molar-refractivity contribution is 5.91. The molecule has 0 unspecified atom stereocenters. The Kier molecular flexibility index (Phi) is 4.59. The highest BCUT2D eigenvalue weighted by Crippen LogP contribution is 2.29. The van der Waals surface area contributed by atoms with Crippen molar-refractivity contribution in [3.05, 3.63) is 48.0 Å². The van der Waals surface area contributed by atoms with Gasteiger partial charge in [0.15, 0.2) is 0 Å². The van der Waals surface area contributed by atoms with Crippen molar-refractivity contribution in [2.75, 3.05) is 13.1 Å². The molecule has 0 aliphatic carbocycles. The Hall–Kier alpha value is -2.67. The van der Waals surface area contributed by atoms with Gasteiger partial charge in [-0.3, -0.25) is 9.69 Å². The van der Waals surface area contributed by atoms with Crippen molar-refractivity contribution in [1.82, 2.24) is 14.5 Å². The van der Waals surface area contributed by atoms with Gasteiger partial charge >= 0.3 is 5.97 Å². The topological polar surface area (TPSA) is 101 Å². The van der Waals surface area contributed by atoms with E-state index in [0.29, 0.717) is 18.8 Å². The first-order valence-electron chi connectivity index (χ1n) is 8.27. The molecule has 1 aliphatic rings. The lowest BCUT2D eigenvalue weighted by Gasteiger charge is -2.37. The van der Waals surface area contributed by atoms with Crippen molar-refractivity contribution in [3.63, 3.8) is 0 Å². The zero-order valence-electron chi connectivity index (χ0n) is 14.2. The SMILES string of the molecule is C[C@]1(C(N)=O)CCCN(Cc2cn(-c3ccccc3C(=O)O)cn2)C1. The van der Waals surface area contributed by atoms with Crippen LogP contribution in [0.3, 0.4) is 0 Å². The van der Waals surface area contributed by atoms with E-state index in [2.05, 4.69) is 9.88 Å². The lowest BCUT2D eigenvalue weighted by molar-refractivity contribution is -0.129. The number of imidazole rings is 1. The summed E-state index contributed by atoms with van der Waals surface area (Å²) < 4.78 is 1.72. The minimum absolute atomic E-state index is 0.228. The summed E-state index contributed by atoms with van der Waals surface area (Å²) in [5.41, 5.74) is 6.67. The van der Waals surface area contributed by atoms with Crippen molar-refractivity contribution in [1.29, 1.82) is 0 Å². The molecule has 3 N–H and O–H groups in total. The molecule has 1 aromatic heterocycles. The van der Waals surface area contributed by atoms with Crippen LogP contribution >= 0.6 is 0 Å². The third kappa shape index (κ3) is 3.56. The Morgan fingerprint density at radius 3 is 2.84 bits per heavy atom. The molecule has 1 aromatic carbocycles. The maximum absolute atomic E-state index is 11.7. The summed E-state index contributed by atoms with van der Waals surface area (Å²) in [6.45, 7) is 4.01. The minimum atomic E-state index is -0.973. The average Bonchev–Trinajstić information content (AvgIpc) is 3.03. The number of aromatic carboxylic acids is 1. The molecule has 0 bridgehead atoms. The number of carbonyl (C=O) groups excluding carboxylic acids is 1. The molecule has 0 saturated carbocycles. The molecule has 1 atom stereocenters. The lowest BCUT2D eigenvalue weighted by Crippen LogP contribution is -2.48. The summed E-state index contributed by atoms with van der Waals surface area (Å²) in [4.78, 5) is 29.6. The van der Waals surface area contributed by atoms with E-state index in [-0.39, 0.29) is 11.5 Å². The summed E-state index contributed by atoms with van der Waals surface area (Å²) in [5, 5.41) is 9.32. The highest BCUT2D eigenvalue weighted by Gasteiger charge is 2.36. The molecular formula is C18H22N4O3. The fourth-order valence-corrected chi connectivity index (χ4v) is 3.37. The minimum Gasteiger partial charge on any atom is -0.478 e. The molecule has 7 nitrogen and oxygen atoms in total. The number of primary amides is 1. The van der Waals surface area contributed by atoms with Crippen LogP contribution in [0.5, 0.6) is 0 Å². The van der Waals surface area contributed by atoms with E-state index in [1.165, 1.54) is 0 Å². The zero-order chi connectivity index (χ0) is 18.0. The number of likely N-dealkylation sites (tertiary alicyclic amines) is 1. The number of rotatable bonds is 5. The van der Waals surface area contributed by atoms with Crippen LogP contribution in [0.1, 0.15) is 35.8 Å². The van der Waals surface area contributed by atoms with Crippen LogP contribution in [0.25, 0.3) is 5.69 Å². The molecule has 2 aromatic rings. The number of hydrogen-bond acceptors (Lipinski definition) is 4. The molecule has 25 heavy (non-hydrogen) atoms. The smallest absolute Gasteiger partial charge is 0.337 e. The van der Waals surface area contributed by atoms with Gasteiger partial charge in [-0.1, -0.05) is 12.1 Å². The van der Waals surface area contributed by atoms with Crippen molar-refractivity contribution in [2.24, 2.45) is 11.1 Å². The zero-order valence-corrected chi connectivity index (χ0v) is 14.2. The number of carbonyl (C=O) groups is 2. The summed E-state index contributed by atoms with van der Waals surface area (Å²) in [6, 6.07) is 6.81. The van der Waals surface area contributed by atoms with E-state index in [4.69, 9.17) is 5.73 Å².